The van der Waals surface area contributed by atoms with Crippen LogP contribution >= 0.6 is 0 Å². The Balaban J connectivity index is 2.33. The average Bonchev–Trinajstić information content (AvgIpc) is 2.52. The van der Waals surface area contributed by atoms with Crippen LogP contribution in [-0.2, 0) is 9.59 Å². The second kappa shape index (κ2) is 4.20. The Bertz CT molecular complexity index is 219. The van der Waals surface area contributed by atoms with Gasteiger partial charge in [-0.1, -0.05) is 0 Å². The smallest absolute Gasteiger partial charge is 0.248 e. The zero-order chi connectivity index (χ0) is 9.84. The molecule has 0 aromatic carbocycles. The lowest BCUT2D eigenvalue weighted by Crippen LogP contribution is -2.40. The molecule has 1 unspecified atom stereocenters. The van der Waals surface area contributed by atoms with Crippen LogP contribution < -0.4 is 17.0 Å². The first kappa shape index (κ1) is 9.94. The van der Waals surface area contributed by atoms with E-state index in [4.69, 9.17) is 11.6 Å². The van der Waals surface area contributed by atoms with Crippen molar-refractivity contribution in [1.29, 1.82) is 0 Å². The van der Waals surface area contributed by atoms with E-state index in [1.54, 1.807) is 0 Å². The number of carbonyl (C=O) groups is 2. The Kier molecular flexibility index (Phi) is 3.21. The molecule has 1 saturated heterocycles. The summed E-state index contributed by atoms with van der Waals surface area (Å²) in [5, 5.41) is 0. The van der Waals surface area contributed by atoms with Gasteiger partial charge < -0.3 is 5.73 Å². The minimum atomic E-state index is -0.296. The van der Waals surface area contributed by atoms with Gasteiger partial charge in [0, 0.05) is 6.54 Å². The van der Waals surface area contributed by atoms with Crippen LogP contribution in [0.15, 0.2) is 0 Å². The summed E-state index contributed by atoms with van der Waals surface area (Å²) in [4.78, 5) is 23.5. The summed E-state index contributed by atoms with van der Waals surface area (Å²) < 4.78 is 0. The third-order valence-corrected chi connectivity index (χ3v) is 2.20. The number of likely N-dealkylation sites (tertiary alicyclic amines) is 1. The van der Waals surface area contributed by atoms with Gasteiger partial charge in [0.25, 0.3) is 0 Å². The van der Waals surface area contributed by atoms with E-state index in [1.165, 1.54) is 0 Å². The Morgan fingerprint density at radius 1 is 1.54 bits per heavy atom. The molecule has 6 heteroatoms. The number of nitrogens with zero attached hydrogens (tertiary/aromatic N) is 1. The molecule has 0 saturated carbocycles. The molecule has 0 radical (unpaired) electrons. The first-order chi connectivity index (χ1) is 6.13. The quantitative estimate of drug-likeness (QED) is 0.264. The van der Waals surface area contributed by atoms with Crippen molar-refractivity contribution in [1.82, 2.24) is 10.3 Å². The minimum absolute atomic E-state index is 0.120. The normalized spacial score (nSPS) is 23.0. The van der Waals surface area contributed by atoms with Crippen LogP contribution in [0.25, 0.3) is 0 Å². The average molecular weight is 186 g/mol. The van der Waals surface area contributed by atoms with Gasteiger partial charge in [0.05, 0.1) is 12.5 Å². The van der Waals surface area contributed by atoms with E-state index in [0.717, 1.165) is 13.0 Å². The van der Waals surface area contributed by atoms with E-state index in [9.17, 15) is 9.59 Å². The van der Waals surface area contributed by atoms with Gasteiger partial charge in [0.1, 0.15) is 0 Å². The Morgan fingerprint density at radius 3 is 2.69 bits per heavy atom. The number of rotatable bonds is 3. The standard InChI is InChI=1S/C7H14N4O2/c8-7(13)5-1-2-11(3-5)4-6(12)10-9/h5H,1-4,9H2,(H2,8,13)(H,10,12). The lowest BCUT2D eigenvalue weighted by molar-refractivity contribution is -0.123. The lowest BCUT2D eigenvalue weighted by Gasteiger charge is -2.13. The number of hydrazine groups is 1. The SMILES string of the molecule is NNC(=O)CN1CCC(C(N)=O)C1. The second-order valence-electron chi connectivity index (χ2n) is 3.19. The van der Waals surface area contributed by atoms with Crippen LogP contribution in [0.5, 0.6) is 0 Å². The Labute approximate surface area is 76.2 Å². The number of nitrogens with two attached hydrogens (primary N) is 2. The molecule has 0 spiro atoms. The van der Waals surface area contributed by atoms with E-state index in [1.807, 2.05) is 10.3 Å². The highest BCUT2D eigenvalue weighted by atomic mass is 16.2. The molecule has 5 N–H and O–H groups in total. The van der Waals surface area contributed by atoms with Crippen molar-refractivity contribution in [2.24, 2.45) is 17.5 Å². The van der Waals surface area contributed by atoms with Crippen molar-refractivity contribution in [2.75, 3.05) is 19.6 Å². The molecule has 2 amide bonds. The fourth-order valence-corrected chi connectivity index (χ4v) is 1.46. The fraction of sp³-hybridized carbons (Fsp3) is 0.714. The summed E-state index contributed by atoms with van der Waals surface area (Å²) in [6.07, 6.45) is 0.729. The Hall–Kier alpha value is -1.14. The van der Waals surface area contributed by atoms with E-state index in [2.05, 4.69) is 0 Å². The van der Waals surface area contributed by atoms with Crippen molar-refractivity contribution in [3.63, 3.8) is 0 Å². The van der Waals surface area contributed by atoms with Gasteiger partial charge >= 0.3 is 0 Å². The summed E-state index contributed by atoms with van der Waals surface area (Å²) in [5.41, 5.74) is 7.17. The molecule has 0 bridgehead atoms. The molecular weight excluding hydrogens is 172 g/mol. The molecule has 13 heavy (non-hydrogen) atoms. The number of amides is 2. The molecule has 74 valence electrons. The van der Waals surface area contributed by atoms with Gasteiger partial charge in [-0.3, -0.25) is 19.9 Å². The summed E-state index contributed by atoms with van der Waals surface area (Å²) in [5.74, 6) is 4.27. The van der Waals surface area contributed by atoms with E-state index in [-0.39, 0.29) is 24.3 Å². The third kappa shape index (κ3) is 2.67. The van der Waals surface area contributed by atoms with Gasteiger partial charge in [-0.2, -0.15) is 0 Å². The molecule has 1 rings (SSSR count). The van der Waals surface area contributed by atoms with Crippen LogP contribution in [-0.4, -0.2) is 36.3 Å². The third-order valence-electron chi connectivity index (χ3n) is 2.20. The van der Waals surface area contributed by atoms with E-state index >= 15 is 0 Å². The van der Waals surface area contributed by atoms with Crippen molar-refractivity contribution >= 4 is 11.8 Å². The van der Waals surface area contributed by atoms with E-state index in [0.29, 0.717) is 6.54 Å². The molecule has 1 aliphatic heterocycles. The first-order valence-electron chi connectivity index (χ1n) is 4.14. The van der Waals surface area contributed by atoms with Gasteiger partial charge in [0.2, 0.25) is 11.8 Å². The van der Waals surface area contributed by atoms with Crippen LogP contribution in [0.1, 0.15) is 6.42 Å². The highest BCUT2D eigenvalue weighted by molar-refractivity contribution is 5.79. The maximum absolute atomic E-state index is 10.9. The summed E-state index contributed by atoms with van der Waals surface area (Å²) in [6, 6.07) is 0. The number of carbonyl (C=O) groups excluding carboxylic acids is 2. The van der Waals surface area contributed by atoms with E-state index < -0.39 is 0 Å². The molecule has 1 atom stereocenters. The predicted octanol–water partition coefficient (Wildman–Crippen LogP) is -2.22. The van der Waals surface area contributed by atoms with Gasteiger partial charge in [0.15, 0.2) is 0 Å². The molecule has 0 aliphatic carbocycles. The fourth-order valence-electron chi connectivity index (χ4n) is 1.46. The monoisotopic (exact) mass is 186 g/mol. The topological polar surface area (TPSA) is 101 Å². The Morgan fingerprint density at radius 2 is 2.23 bits per heavy atom. The maximum atomic E-state index is 10.9. The highest BCUT2D eigenvalue weighted by Crippen LogP contribution is 2.14. The number of nitrogens with one attached hydrogen (secondary N) is 1. The highest BCUT2D eigenvalue weighted by Gasteiger charge is 2.27. The van der Waals surface area contributed by atoms with Crippen LogP contribution in [0.3, 0.4) is 0 Å². The van der Waals surface area contributed by atoms with Crippen LogP contribution in [0.4, 0.5) is 0 Å². The summed E-state index contributed by atoms with van der Waals surface area (Å²) in [6.45, 7) is 1.52. The largest absolute Gasteiger partial charge is 0.369 e. The molecule has 1 aliphatic rings. The zero-order valence-electron chi connectivity index (χ0n) is 7.32. The first-order valence-corrected chi connectivity index (χ1v) is 4.14. The molecule has 6 nitrogen and oxygen atoms in total. The summed E-state index contributed by atoms with van der Waals surface area (Å²) in [7, 11) is 0. The molecule has 1 fully saturated rings. The lowest BCUT2D eigenvalue weighted by atomic mass is 10.1. The van der Waals surface area contributed by atoms with Crippen molar-refractivity contribution < 1.29 is 9.59 Å². The van der Waals surface area contributed by atoms with Crippen molar-refractivity contribution in [2.45, 2.75) is 6.42 Å². The van der Waals surface area contributed by atoms with Crippen LogP contribution in [0, 0.1) is 5.92 Å². The zero-order valence-corrected chi connectivity index (χ0v) is 7.32. The molecule has 0 aromatic rings. The second-order valence-corrected chi connectivity index (χ2v) is 3.19. The van der Waals surface area contributed by atoms with Gasteiger partial charge in [-0.25, -0.2) is 5.84 Å². The molecular formula is C7H14N4O2. The summed E-state index contributed by atoms with van der Waals surface area (Å²) >= 11 is 0. The minimum Gasteiger partial charge on any atom is -0.369 e. The van der Waals surface area contributed by atoms with Crippen LogP contribution in [0.2, 0.25) is 0 Å². The van der Waals surface area contributed by atoms with Gasteiger partial charge in [-0.05, 0) is 13.0 Å². The number of primary amides is 1. The number of hydrogen-bond donors (Lipinski definition) is 3. The molecule has 0 aromatic heterocycles. The van der Waals surface area contributed by atoms with Crippen molar-refractivity contribution in [3.8, 4) is 0 Å². The number of hydrogen-bond acceptors (Lipinski definition) is 4. The molecule has 1 heterocycles. The maximum Gasteiger partial charge on any atom is 0.248 e. The predicted molar refractivity (Wildman–Crippen MR) is 46.1 cm³/mol. The van der Waals surface area contributed by atoms with Gasteiger partial charge in [-0.15, -0.1) is 0 Å². The van der Waals surface area contributed by atoms with Crippen molar-refractivity contribution in [3.05, 3.63) is 0 Å².